The molecular formula is C14H11FN2O3. The van der Waals surface area contributed by atoms with Gasteiger partial charge in [0, 0.05) is 6.20 Å². The van der Waals surface area contributed by atoms with Crippen LogP contribution in [0.1, 0.15) is 26.3 Å². The Bertz CT molecular complexity index is 686. The highest BCUT2D eigenvalue weighted by atomic mass is 19.1. The van der Waals surface area contributed by atoms with Crippen LogP contribution in [0.5, 0.6) is 0 Å². The lowest BCUT2D eigenvalue weighted by molar-refractivity contribution is 0.0698. The van der Waals surface area contributed by atoms with Crippen LogP contribution in [-0.2, 0) is 0 Å². The standard InChI is InChI=1S/C14H11FN2O3/c1-8-4-5-11(10(7-8)14(19)20)17-13(18)9-3-2-6-16-12(9)15/h2-7H,1H3,(H,17,18)(H,19,20). The van der Waals surface area contributed by atoms with E-state index in [0.29, 0.717) is 0 Å². The fraction of sp³-hybridized carbons (Fsp3) is 0.0714. The van der Waals surface area contributed by atoms with E-state index >= 15 is 0 Å². The van der Waals surface area contributed by atoms with Crippen molar-refractivity contribution in [2.24, 2.45) is 0 Å². The first-order valence-corrected chi connectivity index (χ1v) is 5.75. The Morgan fingerprint density at radius 3 is 2.65 bits per heavy atom. The van der Waals surface area contributed by atoms with Crippen molar-refractivity contribution in [3.8, 4) is 0 Å². The maximum atomic E-state index is 13.4. The number of aromatic nitrogens is 1. The molecule has 1 heterocycles. The summed E-state index contributed by atoms with van der Waals surface area (Å²) in [6.45, 7) is 1.73. The molecule has 0 radical (unpaired) electrons. The van der Waals surface area contributed by atoms with Gasteiger partial charge in [-0.05, 0) is 31.2 Å². The molecule has 0 aliphatic carbocycles. The average molecular weight is 274 g/mol. The number of hydrogen-bond acceptors (Lipinski definition) is 3. The second-order valence-corrected chi connectivity index (χ2v) is 4.15. The lowest BCUT2D eigenvalue weighted by Crippen LogP contribution is -2.16. The highest BCUT2D eigenvalue weighted by Gasteiger charge is 2.16. The van der Waals surface area contributed by atoms with Crippen LogP contribution in [0.25, 0.3) is 0 Å². The number of pyridine rings is 1. The summed E-state index contributed by atoms with van der Waals surface area (Å²) in [6.07, 6.45) is 1.22. The molecule has 1 aromatic heterocycles. The maximum absolute atomic E-state index is 13.4. The van der Waals surface area contributed by atoms with Gasteiger partial charge in [-0.1, -0.05) is 11.6 Å². The second kappa shape index (κ2) is 5.48. The van der Waals surface area contributed by atoms with Crippen LogP contribution in [0, 0.1) is 12.9 Å². The summed E-state index contributed by atoms with van der Waals surface area (Å²) in [7, 11) is 0. The minimum atomic E-state index is -1.17. The van der Waals surface area contributed by atoms with Gasteiger partial charge in [0.2, 0.25) is 5.95 Å². The number of carboxylic acid groups (broad SMARTS) is 1. The topological polar surface area (TPSA) is 79.3 Å². The molecule has 0 aliphatic rings. The average Bonchev–Trinajstić information content (AvgIpc) is 2.41. The van der Waals surface area contributed by atoms with Crippen molar-refractivity contribution in [2.45, 2.75) is 6.92 Å². The summed E-state index contributed by atoms with van der Waals surface area (Å²) >= 11 is 0. The summed E-state index contributed by atoms with van der Waals surface area (Å²) < 4.78 is 13.4. The number of hydrogen-bond donors (Lipinski definition) is 2. The van der Waals surface area contributed by atoms with Gasteiger partial charge in [-0.2, -0.15) is 4.39 Å². The van der Waals surface area contributed by atoms with Crippen LogP contribution < -0.4 is 5.32 Å². The van der Waals surface area contributed by atoms with E-state index in [1.807, 2.05) is 0 Å². The molecule has 0 fully saturated rings. The number of aromatic carboxylic acids is 1. The molecule has 1 amide bonds. The van der Waals surface area contributed by atoms with E-state index in [-0.39, 0.29) is 16.8 Å². The quantitative estimate of drug-likeness (QED) is 0.843. The Morgan fingerprint density at radius 1 is 1.25 bits per heavy atom. The number of amides is 1. The molecule has 0 unspecified atom stereocenters. The summed E-state index contributed by atoms with van der Waals surface area (Å²) in [5, 5.41) is 11.5. The number of carboxylic acids is 1. The largest absolute Gasteiger partial charge is 0.478 e. The van der Waals surface area contributed by atoms with E-state index < -0.39 is 17.8 Å². The Balaban J connectivity index is 2.33. The molecule has 0 saturated carbocycles. The van der Waals surface area contributed by atoms with E-state index in [0.717, 1.165) is 5.56 Å². The van der Waals surface area contributed by atoms with Crippen molar-refractivity contribution in [3.63, 3.8) is 0 Å². The Labute approximate surface area is 114 Å². The van der Waals surface area contributed by atoms with E-state index in [4.69, 9.17) is 5.11 Å². The predicted molar refractivity (Wildman–Crippen MR) is 70.3 cm³/mol. The minimum absolute atomic E-state index is 0.0531. The third-order valence-corrected chi connectivity index (χ3v) is 2.66. The molecule has 5 nitrogen and oxygen atoms in total. The zero-order valence-electron chi connectivity index (χ0n) is 10.6. The lowest BCUT2D eigenvalue weighted by atomic mass is 10.1. The van der Waals surface area contributed by atoms with Crippen LogP contribution in [0.2, 0.25) is 0 Å². The summed E-state index contributed by atoms with van der Waals surface area (Å²) in [5.41, 5.74) is 0.552. The number of carbonyl (C=O) groups is 2. The summed E-state index contributed by atoms with van der Waals surface area (Å²) in [6, 6.07) is 7.24. The van der Waals surface area contributed by atoms with Crippen LogP contribution in [-0.4, -0.2) is 22.0 Å². The minimum Gasteiger partial charge on any atom is -0.478 e. The van der Waals surface area contributed by atoms with Gasteiger partial charge < -0.3 is 10.4 Å². The van der Waals surface area contributed by atoms with E-state index in [9.17, 15) is 14.0 Å². The zero-order valence-corrected chi connectivity index (χ0v) is 10.6. The molecule has 0 spiro atoms. The van der Waals surface area contributed by atoms with Gasteiger partial charge in [0.15, 0.2) is 0 Å². The van der Waals surface area contributed by atoms with Crippen LogP contribution in [0.3, 0.4) is 0 Å². The predicted octanol–water partition coefficient (Wildman–Crippen LogP) is 2.48. The van der Waals surface area contributed by atoms with Crippen LogP contribution >= 0.6 is 0 Å². The van der Waals surface area contributed by atoms with Gasteiger partial charge in [-0.3, -0.25) is 4.79 Å². The first-order chi connectivity index (χ1) is 9.49. The van der Waals surface area contributed by atoms with Crippen molar-refractivity contribution in [3.05, 3.63) is 59.2 Å². The number of benzene rings is 1. The number of carbonyl (C=O) groups excluding carboxylic acids is 1. The van der Waals surface area contributed by atoms with Crippen LogP contribution in [0.4, 0.5) is 10.1 Å². The van der Waals surface area contributed by atoms with Gasteiger partial charge in [-0.15, -0.1) is 0 Å². The third-order valence-electron chi connectivity index (χ3n) is 2.66. The van der Waals surface area contributed by atoms with Gasteiger partial charge in [0.1, 0.15) is 0 Å². The number of aryl methyl sites for hydroxylation is 1. The molecule has 0 atom stereocenters. The van der Waals surface area contributed by atoms with Crippen LogP contribution in [0.15, 0.2) is 36.5 Å². The molecule has 2 aromatic rings. The smallest absolute Gasteiger partial charge is 0.337 e. The monoisotopic (exact) mass is 274 g/mol. The maximum Gasteiger partial charge on any atom is 0.337 e. The Morgan fingerprint density at radius 2 is 2.00 bits per heavy atom. The van der Waals surface area contributed by atoms with Crippen molar-refractivity contribution < 1.29 is 19.1 Å². The molecule has 0 bridgehead atoms. The number of nitrogens with one attached hydrogen (secondary N) is 1. The number of rotatable bonds is 3. The second-order valence-electron chi connectivity index (χ2n) is 4.15. The van der Waals surface area contributed by atoms with Gasteiger partial charge in [-0.25, -0.2) is 9.78 Å². The van der Waals surface area contributed by atoms with Gasteiger partial charge in [0.05, 0.1) is 16.8 Å². The highest BCUT2D eigenvalue weighted by molar-refractivity contribution is 6.07. The van der Waals surface area contributed by atoms with Crippen molar-refractivity contribution in [2.75, 3.05) is 5.32 Å². The number of halogens is 1. The Hall–Kier alpha value is -2.76. The molecular weight excluding hydrogens is 263 g/mol. The number of nitrogens with zero attached hydrogens (tertiary/aromatic N) is 1. The van der Waals surface area contributed by atoms with E-state index in [1.165, 1.54) is 30.5 Å². The first-order valence-electron chi connectivity index (χ1n) is 5.75. The molecule has 6 heteroatoms. The van der Waals surface area contributed by atoms with Gasteiger partial charge in [0.25, 0.3) is 5.91 Å². The molecule has 2 N–H and O–H groups in total. The first kappa shape index (κ1) is 13.7. The fourth-order valence-electron chi connectivity index (χ4n) is 1.69. The van der Waals surface area contributed by atoms with E-state index in [2.05, 4.69) is 10.3 Å². The molecule has 20 heavy (non-hydrogen) atoms. The fourth-order valence-corrected chi connectivity index (χ4v) is 1.69. The zero-order chi connectivity index (χ0) is 14.7. The molecule has 1 aromatic carbocycles. The summed E-state index contributed by atoms with van der Waals surface area (Å²) in [5.74, 6) is -2.83. The Kier molecular flexibility index (Phi) is 3.74. The van der Waals surface area contributed by atoms with Crippen molar-refractivity contribution in [1.82, 2.24) is 4.98 Å². The molecule has 2 rings (SSSR count). The molecule has 102 valence electrons. The van der Waals surface area contributed by atoms with Crippen molar-refractivity contribution in [1.29, 1.82) is 0 Å². The van der Waals surface area contributed by atoms with E-state index in [1.54, 1.807) is 13.0 Å². The lowest BCUT2D eigenvalue weighted by Gasteiger charge is -2.09. The SMILES string of the molecule is Cc1ccc(NC(=O)c2cccnc2F)c(C(=O)O)c1. The van der Waals surface area contributed by atoms with Gasteiger partial charge >= 0.3 is 5.97 Å². The molecule has 0 aliphatic heterocycles. The highest BCUT2D eigenvalue weighted by Crippen LogP contribution is 2.18. The summed E-state index contributed by atoms with van der Waals surface area (Å²) in [4.78, 5) is 26.4. The normalized spacial score (nSPS) is 10.1. The van der Waals surface area contributed by atoms with Crippen molar-refractivity contribution >= 4 is 17.6 Å². The molecule has 0 saturated heterocycles. The third kappa shape index (κ3) is 2.80. The number of anilines is 1.